The second-order valence-electron chi connectivity index (χ2n) is 3.28. The van der Waals surface area contributed by atoms with Crippen LogP contribution in [0.25, 0.3) is 0 Å². The van der Waals surface area contributed by atoms with Crippen molar-refractivity contribution in [1.29, 1.82) is 0 Å². The van der Waals surface area contributed by atoms with Crippen molar-refractivity contribution in [1.82, 2.24) is 5.32 Å². The van der Waals surface area contributed by atoms with Gasteiger partial charge >= 0.3 is 104 Å². The molecule has 0 radical (unpaired) electrons. The smallest absolute Gasteiger partial charge is 0.254 e. The van der Waals surface area contributed by atoms with Gasteiger partial charge in [-0.05, 0) is 0 Å². The van der Waals surface area contributed by atoms with Crippen molar-refractivity contribution < 1.29 is 22.5 Å². The minimum Gasteiger partial charge on any atom is -0.254 e. The van der Waals surface area contributed by atoms with E-state index in [1.807, 2.05) is 20.8 Å². The summed E-state index contributed by atoms with van der Waals surface area (Å²) in [5.74, 6) is 0. The first-order valence-electron chi connectivity index (χ1n) is 4.08. The molecular formula is C6H12BF3KNO2. The van der Waals surface area contributed by atoms with Crippen LogP contribution in [0, 0.1) is 0 Å². The fraction of sp³-hybridized carbons (Fsp3) is 0.833. The summed E-state index contributed by atoms with van der Waals surface area (Å²) < 4.78 is 34.8. The summed E-state index contributed by atoms with van der Waals surface area (Å²) in [4.78, 5) is 10.8. The summed E-state index contributed by atoms with van der Waals surface area (Å²) in [7, 11) is -3.67. The van der Waals surface area contributed by atoms with Gasteiger partial charge in [-0.1, -0.05) is 0 Å². The summed E-state index contributed by atoms with van der Waals surface area (Å²) in [5, 5.41) is 2.62. The molecule has 0 spiro atoms. The van der Waals surface area contributed by atoms with Crippen molar-refractivity contribution in [3.8, 4) is 0 Å². The van der Waals surface area contributed by atoms with Gasteiger partial charge < -0.3 is 0 Å². The molecule has 0 aromatic rings. The summed E-state index contributed by atoms with van der Waals surface area (Å²) in [6, 6.07) is 0. The number of carbonyl (C=O) groups is 1. The van der Waals surface area contributed by atoms with Crippen molar-refractivity contribution >= 4 is 62.6 Å². The van der Waals surface area contributed by atoms with E-state index >= 15 is 0 Å². The summed E-state index contributed by atoms with van der Waals surface area (Å²) in [6.07, 6.45) is -0.305. The number of alkyl carbamates (subject to hydrolysis) is 1. The molecule has 0 saturated heterocycles. The predicted molar refractivity (Wildman–Crippen MR) is 49.1 cm³/mol. The van der Waals surface area contributed by atoms with Crippen LogP contribution in [0.15, 0.2) is 0 Å². The number of ether oxygens (including phenoxy) is 1. The van der Waals surface area contributed by atoms with Gasteiger partial charge in [0.15, 0.2) is 0 Å². The van der Waals surface area contributed by atoms with Crippen molar-refractivity contribution in [2.24, 2.45) is 0 Å². The molecule has 0 aliphatic rings. The molecule has 0 bridgehead atoms. The predicted octanol–water partition coefficient (Wildman–Crippen LogP) is 1.52. The largest absolute Gasteiger partial charge is 0.762 e. The SMILES string of the molecule is CC(C)(C)OC(=O)N[CH2][K].FB(F)F. The van der Waals surface area contributed by atoms with Crippen LogP contribution in [0.5, 0.6) is 0 Å². The maximum atomic E-state index is 10.8. The van der Waals surface area contributed by atoms with E-state index in [-0.39, 0.29) is 11.7 Å². The molecule has 0 saturated carbocycles. The van der Waals surface area contributed by atoms with E-state index in [2.05, 4.69) is 5.32 Å². The molecule has 1 amide bonds. The van der Waals surface area contributed by atoms with Crippen LogP contribution >= 0.6 is 0 Å². The van der Waals surface area contributed by atoms with E-state index < -0.39 is 7.54 Å². The third-order valence-electron chi connectivity index (χ3n) is 0.720. The van der Waals surface area contributed by atoms with Crippen molar-refractivity contribution in [2.45, 2.75) is 26.4 Å². The quantitative estimate of drug-likeness (QED) is 0.702. The summed E-state index contributed by atoms with van der Waals surface area (Å²) in [6.45, 7) is 5.55. The van der Waals surface area contributed by atoms with Gasteiger partial charge in [0.2, 0.25) is 0 Å². The monoisotopic (exact) mass is 237 g/mol. The molecule has 0 aliphatic carbocycles. The van der Waals surface area contributed by atoms with Crippen LogP contribution in [0.2, 0.25) is 0 Å². The average molecular weight is 237 g/mol. The van der Waals surface area contributed by atoms with Crippen LogP contribution in [-0.2, 0) is 4.74 Å². The van der Waals surface area contributed by atoms with Gasteiger partial charge in [-0.2, -0.15) is 0 Å². The molecule has 0 unspecified atom stereocenters. The molecule has 1 N–H and O–H groups in total. The zero-order chi connectivity index (χ0) is 11.8. The van der Waals surface area contributed by atoms with Gasteiger partial charge in [-0.15, -0.1) is 0 Å². The number of amides is 1. The van der Waals surface area contributed by atoms with E-state index in [1.54, 1.807) is 0 Å². The third-order valence-corrected chi connectivity index (χ3v) is 1.27. The van der Waals surface area contributed by atoms with Crippen LogP contribution < -0.4 is 5.32 Å². The van der Waals surface area contributed by atoms with E-state index in [9.17, 15) is 17.7 Å². The van der Waals surface area contributed by atoms with Gasteiger partial charge in [0, 0.05) is 0 Å². The molecule has 0 rings (SSSR count). The van der Waals surface area contributed by atoms with E-state index in [0.29, 0.717) is 49.0 Å². The zero-order valence-corrected chi connectivity index (χ0v) is 11.9. The minimum atomic E-state index is -3.67. The Morgan fingerprint density at radius 2 is 1.79 bits per heavy atom. The maximum absolute atomic E-state index is 10.8. The summed E-state index contributed by atoms with van der Waals surface area (Å²) in [5.41, 5.74) is -0.369. The Morgan fingerprint density at radius 1 is 1.43 bits per heavy atom. The second kappa shape index (κ2) is 9.02. The number of carbonyl (C=O) groups excluding carboxylic acids is 1. The van der Waals surface area contributed by atoms with E-state index in [0.717, 1.165) is 0.639 Å². The Kier molecular flexibility index (Phi) is 11.1. The molecule has 3 nitrogen and oxygen atoms in total. The number of halogens is 3. The normalized spacial score (nSPS) is 9.71. The Labute approximate surface area is 116 Å². The fourth-order valence-corrected chi connectivity index (χ4v) is 0.909. The summed E-state index contributed by atoms with van der Waals surface area (Å²) >= 11 is 0.657. The Morgan fingerprint density at radius 3 is 2.00 bits per heavy atom. The first-order valence-corrected chi connectivity index (χ1v) is 6.29. The molecule has 0 atom stereocenters. The van der Waals surface area contributed by atoms with Crippen LogP contribution in [-0.4, -0.2) is 68.8 Å². The molecule has 14 heavy (non-hydrogen) atoms. The molecule has 0 fully saturated rings. The number of nitrogens with one attached hydrogen (secondary N) is 1. The van der Waals surface area contributed by atoms with Crippen molar-refractivity contribution in [2.75, 3.05) is 0.639 Å². The first-order chi connectivity index (χ1) is 6.19. The Hall–Kier alpha value is 0.761. The topological polar surface area (TPSA) is 38.3 Å². The van der Waals surface area contributed by atoms with E-state index in [1.165, 1.54) is 0 Å². The van der Waals surface area contributed by atoms with Gasteiger partial charge in [0.05, 0.1) is 0 Å². The fourth-order valence-electron chi connectivity index (χ4n) is 0.459. The van der Waals surface area contributed by atoms with Crippen LogP contribution in [0.4, 0.5) is 17.7 Å². The first kappa shape index (κ1) is 17.2. The maximum Gasteiger partial charge on any atom is 0.762 e. The standard InChI is InChI=1S/C6H12NO2.BF3.K/c1-6(2,3)9-5(8)7-4;2-1(3)4;/h4H2,1-3H3,(H,7,8);;. The number of hydrogen-bond acceptors (Lipinski definition) is 2. The molecule has 0 aromatic heterocycles. The molecule has 78 valence electrons. The van der Waals surface area contributed by atoms with Gasteiger partial charge in [0.1, 0.15) is 0 Å². The zero-order valence-electron chi connectivity index (χ0n) is 8.73. The van der Waals surface area contributed by atoms with Crippen LogP contribution in [0.1, 0.15) is 20.8 Å². The van der Waals surface area contributed by atoms with E-state index in [4.69, 9.17) is 4.74 Å². The molecular weight excluding hydrogens is 225 g/mol. The Bertz CT molecular complexity index is 163. The number of rotatable bonds is 1. The van der Waals surface area contributed by atoms with Crippen molar-refractivity contribution in [3.63, 3.8) is 0 Å². The third kappa shape index (κ3) is 23.0. The van der Waals surface area contributed by atoms with Gasteiger partial charge in [0.25, 0.3) is 0 Å². The second-order valence-corrected chi connectivity index (χ2v) is 4.38. The van der Waals surface area contributed by atoms with Crippen LogP contribution in [0.3, 0.4) is 0 Å². The molecule has 8 heteroatoms. The van der Waals surface area contributed by atoms with Gasteiger partial charge in [-0.25, -0.2) is 0 Å². The molecule has 0 aliphatic heterocycles. The number of hydrogen-bond donors (Lipinski definition) is 1. The minimum absolute atomic E-state index is 0.305. The van der Waals surface area contributed by atoms with Gasteiger partial charge in [-0.3, -0.25) is 12.9 Å². The molecule has 0 aromatic carbocycles. The average Bonchev–Trinajstić information content (AvgIpc) is 1.80. The molecule has 0 heterocycles. The Balaban J connectivity index is 0. The van der Waals surface area contributed by atoms with Crippen molar-refractivity contribution in [3.05, 3.63) is 0 Å².